The van der Waals surface area contributed by atoms with Gasteiger partial charge in [-0.3, -0.25) is 4.79 Å². The number of hydrogen-bond acceptors (Lipinski definition) is 1. The summed E-state index contributed by atoms with van der Waals surface area (Å²) in [5, 5.41) is 0. The first kappa shape index (κ1) is 17.9. The number of Topliss-reactive ketones (excluding diaryl/α,β-unsaturated/α-hetero) is 1. The molecule has 0 aromatic heterocycles. The fraction of sp³-hybridized carbons (Fsp3) is 0.458. The molecule has 1 aliphatic carbocycles. The van der Waals surface area contributed by atoms with Crippen molar-refractivity contribution in [3.63, 3.8) is 0 Å². The number of carbonyl (C=O) groups excluding carboxylic acids is 1. The van der Waals surface area contributed by atoms with Crippen molar-refractivity contribution in [1.29, 1.82) is 0 Å². The third-order valence-electron chi connectivity index (χ3n) is 5.61. The van der Waals surface area contributed by atoms with Crippen LogP contribution in [0, 0.1) is 0 Å². The van der Waals surface area contributed by atoms with Crippen LogP contribution in [0.2, 0.25) is 0 Å². The standard InChI is InChI=1S/C24H30O/c1-22(2,3)17-12-18(23(4,5)6)14-19(13-17)24(7)15-16-10-8-9-11-20(16)21(24)25/h8-14H,15H2,1-7H3/t24-/m1/s1. The summed E-state index contributed by atoms with van der Waals surface area (Å²) in [6, 6.07) is 14.9. The van der Waals surface area contributed by atoms with Gasteiger partial charge < -0.3 is 0 Å². The Labute approximate surface area is 152 Å². The Kier molecular flexibility index (Phi) is 3.98. The van der Waals surface area contributed by atoms with Crippen LogP contribution in [0.15, 0.2) is 42.5 Å². The lowest BCUT2D eigenvalue weighted by atomic mass is 9.73. The van der Waals surface area contributed by atoms with Crippen molar-refractivity contribution in [2.24, 2.45) is 0 Å². The third-order valence-corrected chi connectivity index (χ3v) is 5.61. The van der Waals surface area contributed by atoms with Crippen molar-refractivity contribution in [1.82, 2.24) is 0 Å². The molecule has 1 aliphatic rings. The fourth-order valence-electron chi connectivity index (χ4n) is 3.70. The van der Waals surface area contributed by atoms with Crippen molar-refractivity contribution in [2.45, 2.75) is 71.1 Å². The molecule has 1 atom stereocenters. The fourth-order valence-corrected chi connectivity index (χ4v) is 3.70. The predicted molar refractivity (Wildman–Crippen MR) is 106 cm³/mol. The molecular formula is C24H30O. The van der Waals surface area contributed by atoms with Crippen LogP contribution in [0.3, 0.4) is 0 Å². The van der Waals surface area contributed by atoms with E-state index in [4.69, 9.17) is 0 Å². The SMILES string of the molecule is CC(C)(C)c1cc(C(C)(C)C)cc([C@@]2(C)Cc3ccccc3C2=O)c1. The van der Waals surface area contributed by atoms with Crippen LogP contribution in [0.25, 0.3) is 0 Å². The lowest BCUT2D eigenvalue weighted by molar-refractivity contribution is 0.0915. The van der Waals surface area contributed by atoms with E-state index in [1.807, 2.05) is 18.2 Å². The Morgan fingerprint density at radius 2 is 1.36 bits per heavy atom. The van der Waals surface area contributed by atoms with Gasteiger partial charge in [0.1, 0.15) is 0 Å². The van der Waals surface area contributed by atoms with E-state index in [9.17, 15) is 4.79 Å². The van der Waals surface area contributed by atoms with Gasteiger partial charge in [0.15, 0.2) is 5.78 Å². The van der Waals surface area contributed by atoms with Crippen molar-refractivity contribution >= 4 is 5.78 Å². The molecule has 2 aromatic rings. The van der Waals surface area contributed by atoms with Crippen molar-refractivity contribution in [3.05, 3.63) is 70.3 Å². The molecule has 0 radical (unpaired) electrons. The first-order valence-electron chi connectivity index (χ1n) is 9.22. The first-order valence-corrected chi connectivity index (χ1v) is 9.22. The highest BCUT2D eigenvalue weighted by molar-refractivity contribution is 6.08. The van der Waals surface area contributed by atoms with E-state index in [0.29, 0.717) is 0 Å². The van der Waals surface area contributed by atoms with Crippen molar-refractivity contribution in [3.8, 4) is 0 Å². The predicted octanol–water partition coefficient (Wildman–Crippen LogP) is 5.98. The molecule has 1 nitrogen and oxygen atoms in total. The second kappa shape index (κ2) is 5.56. The molecule has 2 aromatic carbocycles. The first-order chi connectivity index (χ1) is 11.4. The zero-order valence-electron chi connectivity index (χ0n) is 16.7. The van der Waals surface area contributed by atoms with E-state index in [2.05, 4.69) is 72.7 Å². The topological polar surface area (TPSA) is 17.1 Å². The maximum atomic E-state index is 13.2. The van der Waals surface area contributed by atoms with Gasteiger partial charge in [0.2, 0.25) is 0 Å². The van der Waals surface area contributed by atoms with Gasteiger partial charge in [0.05, 0.1) is 5.41 Å². The highest BCUT2D eigenvalue weighted by Crippen LogP contribution is 2.42. The molecule has 0 N–H and O–H groups in total. The van der Waals surface area contributed by atoms with E-state index >= 15 is 0 Å². The highest BCUT2D eigenvalue weighted by Gasteiger charge is 2.43. The molecule has 0 unspecified atom stereocenters. The lowest BCUT2D eigenvalue weighted by Gasteiger charge is -2.30. The van der Waals surface area contributed by atoms with E-state index in [0.717, 1.165) is 17.5 Å². The van der Waals surface area contributed by atoms with Gasteiger partial charge in [0, 0.05) is 5.56 Å². The minimum absolute atomic E-state index is 0.0564. The molecule has 0 saturated heterocycles. The van der Waals surface area contributed by atoms with Crippen LogP contribution in [0.5, 0.6) is 0 Å². The van der Waals surface area contributed by atoms with Crippen LogP contribution in [0.4, 0.5) is 0 Å². The summed E-state index contributed by atoms with van der Waals surface area (Å²) in [6.45, 7) is 15.6. The largest absolute Gasteiger partial charge is 0.293 e. The van der Waals surface area contributed by atoms with Crippen LogP contribution in [-0.2, 0) is 22.7 Å². The Morgan fingerprint density at radius 3 is 1.84 bits per heavy atom. The summed E-state index contributed by atoms with van der Waals surface area (Å²) >= 11 is 0. The average molecular weight is 335 g/mol. The summed E-state index contributed by atoms with van der Waals surface area (Å²) in [4.78, 5) is 13.2. The normalized spacial score (nSPS) is 20.7. The summed E-state index contributed by atoms with van der Waals surface area (Å²) in [6.07, 6.45) is 0.791. The number of hydrogen-bond donors (Lipinski definition) is 0. The second-order valence-electron chi connectivity index (χ2n) is 9.79. The van der Waals surface area contributed by atoms with Gasteiger partial charge in [0.25, 0.3) is 0 Å². The lowest BCUT2D eigenvalue weighted by Crippen LogP contribution is -2.31. The maximum Gasteiger partial charge on any atom is 0.173 e. The van der Waals surface area contributed by atoms with Gasteiger partial charge in [-0.05, 0) is 46.4 Å². The highest BCUT2D eigenvalue weighted by atomic mass is 16.1. The summed E-state index contributed by atoms with van der Waals surface area (Å²) in [5.41, 5.74) is 5.48. The molecule has 0 heterocycles. The number of carbonyl (C=O) groups is 1. The van der Waals surface area contributed by atoms with Crippen LogP contribution < -0.4 is 0 Å². The molecule has 0 bridgehead atoms. The van der Waals surface area contributed by atoms with Crippen LogP contribution in [0.1, 0.15) is 81.1 Å². The molecular weight excluding hydrogens is 304 g/mol. The molecule has 0 aliphatic heterocycles. The second-order valence-corrected chi connectivity index (χ2v) is 9.79. The molecule has 1 heteroatoms. The van der Waals surface area contributed by atoms with Crippen LogP contribution in [-0.4, -0.2) is 5.78 Å². The van der Waals surface area contributed by atoms with Crippen molar-refractivity contribution < 1.29 is 4.79 Å². The average Bonchev–Trinajstić information content (AvgIpc) is 2.78. The minimum atomic E-state index is -0.467. The number of rotatable bonds is 1. The zero-order chi connectivity index (χ0) is 18.6. The molecule has 0 fully saturated rings. The van der Waals surface area contributed by atoms with Gasteiger partial charge in [-0.2, -0.15) is 0 Å². The smallest absolute Gasteiger partial charge is 0.173 e. The molecule has 0 spiro atoms. The summed E-state index contributed by atoms with van der Waals surface area (Å²) < 4.78 is 0. The summed E-state index contributed by atoms with van der Waals surface area (Å²) in [7, 11) is 0. The molecule has 132 valence electrons. The number of ketones is 1. The van der Waals surface area contributed by atoms with Crippen LogP contribution >= 0.6 is 0 Å². The Morgan fingerprint density at radius 1 is 0.840 bits per heavy atom. The Balaban J connectivity index is 2.19. The van der Waals surface area contributed by atoms with Gasteiger partial charge in [-0.15, -0.1) is 0 Å². The number of benzene rings is 2. The molecule has 25 heavy (non-hydrogen) atoms. The van der Waals surface area contributed by atoms with E-state index in [1.54, 1.807) is 0 Å². The number of fused-ring (bicyclic) bond motifs is 1. The Bertz CT molecular complexity index is 798. The zero-order valence-corrected chi connectivity index (χ0v) is 16.7. The summed E-state index contributed by atoms with van der Waals surface area (Å²) in [5.74, 6) is 0.258. The van der Waals surface area contributed by atoms with Gasteiger partial charge in [-0.1, -0.05) is 84.0 Å². The third kappa shape index (κ3) is 3.05. The van der Waals surface area contributed by atoms with Gasteiger partial charge >= 0.3 is 0 Å². The van der Waals surface area contributed by atoms with E-state index < -0.39 is 5.41 Å². The Hall–Kier alpha value is -1.89. The maximum absolute atomic E-state index is 13.2. The van der Waals surface area contributed by atoms with E-state index in [-0.39, 0.29) is 16.6 Å². The molecule has 0 saturated carbocycles. The molecule has 3 rings (SSSR count). The molecule has 0 amide bonds. The minimum Gasteiger partial charge on any atom is -0.293 e. The van der Waals surface area contributed by atoms with Crippen molar-refractivity contribution in [2.75, 3.05) is 0 Å². The van der Waals surface area contributed by atoms with E-state index in [1.165, 1.54) is 16.7 Å². The van der Waals surface area contributed by atoms with Gasteiger partial charge in [-0.25, -0.2) is 0 Å². The quantitative estimate of drug-likeness (QED) is 0.627. The monoisotopic (exact) mass is 334 g/mol.